The highest BCUT2D eigenvalue weighted by Gasteiger charge is 2.37. The molecule has 6 nitrogen and oxygen atoms in total. The van der Waals surface area contributed by atoms with Gasteiger partial charge in [-0.15, -0.1) is 0 Å². The molecule has 1 fully saturated rings. The fourth-order valence-corrected chi connectivity index (χ4v) is 2.53. The van der Waals surface area contributed by atoms with Crippen molar-refractivity contribution in [2.45, 2.75) is 19.3 Å². The summed E-state index contributed by atoms with van der Waals surface area (Å²) in [5.41, 5.74) is 0.594. The Bertz CT molecular complexity index is 499. The Morgan fingerprint density at radius 1 is 1.30 bits per heavy atom. The van der Waals surface area contributed by atoms with Crippen molar-refractivity contribution in [1.29, 1.82) is 0 Å². The number of pyridine rings is 1. The molecule has 1 aliphatic rings. The first-order valence-electron chi connectivity index (χ1n) is 6.66. The van der Waals surface area contributed by atoms with E-state index in [1.807, 2.05) is 19.0 Å². The molecular weight excluding hydrogens is 258 g/mol. The van der Waals surface area contributed by atoms with Crippen LogP contribution in [0.1, 0.15) is 19.3 Å². The maximum atomic E-state index is 12.1. The summed E-state index contributed by atoms with van der Waals surface area (Å²) >= 11 is 0. The van der Waals surface area contributed by atoms with E-state index in [2.05, 4.69) is 10.3 Å². The van der Waals surface area contributed by atoms with Crippen molar-refractivity contribution >= 4 is 23.4 Å². The fourth-order valence-electron chi connectivity index (χ4n) is 2.53. The number of anilines is 2. The van der Waals surface area contributed by atoms with Gasteiger partial charge in [-0.2, -0.15) is 0 Å². The first kappa shape index (κ1) is 14.3. The van der Waals surface area contributed by atoms with Crippen LogP contribution in [0.3, 0.4) is 0 Å². The van der Waals surface area contributed by atoms with E-state index in [4.69, 9.17) is 5.11 Å². The van der Waals surface area contributed by atoms with Crippen LogP contribution in [0.25, 0.3) is 0 Å². The van der Waals surface area contributed by atoms with Crippen LogP contribution in [-0.4, -0.2) is 36.1 Å². The number of nitrogens with one attached hydrogen (secondary N) is 1. The quantitative estimate of drug-likeness (QED) is 0.873. The summed E-state index contributed by atoms with van der Waals surface area (Å²) in [6.07, 6.45) is 3.57. The minimum atomic E-state index is -0.885. The van der Waals surface area contributed by atoms with Crippen LogP contribution < -0.4 is 10.2 Å². The molecule has 0 aliphatic heterocycles. The topological polar surface area (TPSA) is 82.5 Å². The average Bonchev–Trinajstić information content (AvgIpc) is 2.88. The number of carboxylic acid groups (broad SMARTS) is 1. The van der Waals surface area contributed by atoms with Gasteiger partial charge in [0.15, 0.2) is 0 Å². The molecule has 2 unspecified atom stereocenters. The zero-order chi connectivity index (χ0) is 14.7. The zero-order valence-corrected chi connectivity index (χ0v) is 11.7. The smallest absolute Gasteiger partial charge is 0.307 e. The summed E-state index contributed by atoms with van der Waals surface area (Å²) in [6.45, 7) is 0. The number of hydrogen-bond acceptors (Lipinski definition) is 4. The summed E-state index contributed by atoms with van der Waals surface area (Å²) in [6, 6.07) is 3.57. The number of carbonyl (C=O) groups excluding carboxylic acids is 1. The van der Waals surface area contributed by atoms with Gasteiger partial charge in [0.05, 0.1) is 23.7 Å². The van der Waals surface area contributed by atoms with E-state index in [0.29, 0.717) is 18.5 Å². The molecule has 2 N–H and O–H groups in total. The van der Waals surface area contributed by atoms with Gasteiger partial charge in [0.1, 0.15) is 5.82 Å². The van der Waals surface area contributed by atoms with Gasteiger partial charge in [-0.25, -0.2) is 4.98 Å². The van der Waals surface area contributed by atoms with E-state index < -0.39 is 17.8 Å². The third kappa shape index (κ3) is 3.07. The van der Waals surface area contributed by atoms with Gasteiger partial charge in [0.25, 0.3) is 0 Å². The van der Waals surface area contributed by atoms with Gasteiger partial charge in [0.2, 0.25) is 5.91 Å². The minimum Gasteiger partial charge on any atom is -0.481 e. The highest BCUT2D eigenvalue weighted by molar-refractivity contribution is 5.95. The molecule has 20 heavy (non-hydrogen) atoms. The Hall–Kier alpha value is -2.11. The fraction of sp³-hybridized carbons (Fsp3) is 0.500. The maximum absolute atomic E-state index is 12.1. The molecular formula is C14H19N3O3. The second-order valence-electron chi connectivity index (χ2n) is 5.27. The normalized spacial score (nSPS) is 21.5. The summed E-state index contributed by atoms with van der Waals surface area (Å²) < 4.78 is 0. The number of carboxylic acids is 1. The first-order valence-corrected chi connectivity index (χ1v) is 6.66. The molecule has 1 saturated carbocycles. The van der Waals surface area contributed by atoms with Crippen LogP contribution in [0.5, 0.6) is 0 Å². The molecule has 1 aromatic heterocycles. The van der Waals surface area contributed by atoms with Crippen LogP contribution >= 0.6 is 0 Å². The van der Waals surface area contributed by atoms with Crippen molar-refractivity contribution in [3.05, 3.63) is 18.3 Å². The van der Waals surface area contributed by atoms with Crippen LogP contribution in [0, 0.1) is 11.8 Å². The lowest BCUT2D eigenvalue weighted by molar-refractivity contribution is -0.145. The lowest BCUT2D eigenvalue weighted by Gasteiger charge is -2.16. The SMILES string of the molecule is CN(C)c1ccc(NC(=O)C2CCCC2C(=O)O)cn1. The molecule has 6 heteroatoms. The third-order valence-corrected chi connectivity index (χ3v) is 3.64. The van der Waals surface area contributed by atoms with E-state index in [1.165, 1.54) is 0 Å². The van der Waals surface area contributed by atoms with Gasteiger partial charge in [-0.1, -0.05) is 6.42 Å². The van der Waals surface area contributed by atoms with Crippen molar-refractivity contribution in [3.8, 4) is 0 Å². The van der Waals surface area contributed by atoms with Crippen molar-refractivity contribution in [2.75, 3.05) is 24.3 Å². The lowest BCUT2D eigenvalue weighted by atomic mass is 9.95. The molecule has 0 radical (unpaired) electrons. The molecule has 2 atom stereocenters. The maximum Gasteiger partial charge on any atom is 0.307 e. The molecule has 2 rings (SSSR count). The summed E-state index contributed by atoms with van der Waals surface area (Å²) in [4.78, 5) is 29.3. The molecule has 1 aromatic rings. The molecule has 1 aliphatic carbocycles. The Morgan fingerprint density at radius 2 is 2.00 bits per heavy atom. The van der Waals surface area contributed by atoms with Crippen LogP contribution in [0.15, 0.2) is 18.3 Å². The molecule has 0 saturated heterocycles. The highest BCUT2D eigenvalue weighted by atomic mass is 16.4. The van der Waals surface area contributed by atoms with E-state index in [0.717, 1.165) is 12.2 Å². The Labute approximate surface area is 117 Å². The number of rotatable bonds is 4. The third-order valence-electron chi connectivity index (χ3n) is 3.64. The molecule has 0 spiro atoms. The van der Waals surface area contributed by atoms with Gasteiger partial charge < -0.3 is 15.3 Å². The first-order chi connectivity index (χ1) is 9.49. The molecule has 0 bridgehead atoms. The minimum absolute atomic E-state index is 0.227. The van der Waals surface area contributed by atoms with Crippen molar-refractivity contribution in [1.82, 2.24) is 4.98 Å². The molecule has 1 amide bonds. The van der Waals surface area contributed by atoms with E-state index in [1.54, 1.807) is 18.3 Å². The van der Waals surface area contributed by atoms with Crippen LogP contribution in [-0.2, 0) is 9.59 Å². The van der Waals surface area contributed by atoms with Gasteiger partial charge in [-0.3, -0.25) is 9.59 Å². The van der Waals surface area contributed by atoms with Gasteiger partial charge in [-0.05, 0) is 25.0 Å². The average molecular weight is 277 g/mol. The number of aliphatic carboxylic acids is 1. The van der Waals surface area contributed by atoms with Crippen molar-refractivity contribution in [3.63, 3.8) is 0 Å². The lowest BCUT2D eigenvalue weighted by Crippen LogP contribution is -2.30. The predicted octanol–water partition coefficient (Wildman–Crippen LogP) is 1.59. The monoisotopic (exact) mass is 277 g/mol. The second-order valence-corrected chi connectivity index (χ2v) is 5.27. The molecule has 1 heterocycles. The number of carbonyl (C=O) groups is 2. The van der Waals surface area contributed by atoms with Crippen molar-refractivity contribution in [2.24, 2.45) is 11.8 Å². The Kier molecular flexibility index (Phi) is 4.22. The number of aromatic nitrogens is 1. The predicted molar refractivity (Wildman–Crippen MR) is 75.7 cm³/mol. The highest BCUT2D eigenvalue weighted by Crippen LogP contribution is 2.32. The summed E-state index contributed by atoms with van der Waals surface area (Å²) in [5, 5.41) is 11.8. The number of hydrogen-bond donors (Lipinski definition) is 2. The second kappa shape index (κ2) is 5.90. The van der Waals surface area contributed by atoms with E-state index in [9.17, 15) is 9.59 Å². The summed E-state index contributed by atoms with van der Waals surface area (Å²) in [5.74, 6) is -1.32. The summed E-state index contributed by atoms with van der Waals surface area (Å²) in [7, 11) is 3.77. The largest absolute Gasteiger partial charge is 0.481 e. The van der Waals surface area contributed by atoms with Crippen molar-refractivity contribution < 1.29 is 14.7 Å². The van der Waals surface area contributed by atoms with Gasteiger partial charge in [0, 0.05) is 14.1 Å². The van der Waals surface area contributed by atoms with Crippen LogP contribution in [0.4, 0.5) is 11.5 Å². The number of nitrogens with zero attached hydrogens (tertiary/aromatic N) is 2. The zero-order valence-electron chi connectivity index (χ0n) is 11.7. The van der Waals surface area contributed by atoms with E-state index >= 15 is 0 Å². The molecule has 108 valence electrons. The molecule has 0 aromatic carbocycles. The van der Waals surface area contributed by atoms with E-state index in [-0.39, 0.29) is 5.91 Å². The van der Waals surface area contributed by atoms with Gasteiger partial charge >= 0.3 is 5.97 Å². The van der Waals surface area contributed by atoms with Crippen LogP contribution in [0.2, 0.25) is 0 Å². The number of amides is 1. The standard InChI is InChI=1S/C14H19N3O3/c1-17(2)12-7-6-9(8-15-12)16-13(18)10-4-3-5-11(10)14(19)20/h6-8,10-11H,3-5H2,1-2H3,(H,16,18)(H,19,20). The Morgan fingerprint density at radius 3 is 2.55 bits per heavy atom. The Balaban J connectivity index is 2.02.